The fourth-order valence-electron chi connectivity index (χ4n) is 4.18. The summed E-state index contributed by atoms with van der Waals surface area (Å²) in [5.74, 6) is 0.639. The number of thiazole rings is 1. The zero-order valence-electron chi connectivity index (χ0n) is 17.0. The number of carbonyl (C=O) groups is 1. The topological polar surface area (TPSA) is 33.2 Å². The van der Waals surface area contributed by atoms with Gasteiger partial charge in [0.25, 0.3) is 5.91 Å². The molecule has 5 rings (SSSR count). The minimum atomic E-state index is 0.180. The van der Waals surface area contributed by atoms with Gasteiger partial charge in [-0.2, -0.15) is 0 Å². The number of aromatic nitrogens is 1. The van der Waals surface area contributed by atoms with Gasteiger partial charge in [-0.15, -0.1) is 22.7 Å². The summed E-state index contributed by atoms with van der Waals surface area (Å²) < 4.78 is 1.25. The van der Waals surface area contributed by atoms with Gasteiger partial charge in [0.1, 0.15) is 0 Å². The average Bonchev–Trinajstić information content (AvgIpc) is 3.44. The fourth-order valence-corrected chi connectivity index (χ4v) is 6.54. The van der Waals surface area contributed by atoms with Crippen LogP contribution in [-0.4, -0.2) is 28.9 Å². The van der Waals surface area contributed by atoms with Crippen LogP contribution in [0.1, 0.15) is 45.9 Å². The van der Waals surface area contributed by atoms with Crippen LogP contribution >= 0.6 is 22.7 Å². The highest BCUT2D eigenvalue weighted by molar-refractivity contribution is 7.18. The third-order valence-corrected chi connectivity index (χ3v) is 8.29. The van der Waals surface area contributed by atoms with Crippen molar-refractivity contribution in [3.8, 4) is 10.4 Å². The van der Waals surface area contributed by atoms with Crippen molar-refractivity contribution in [2.75, 3.05) is 13.1 Å². The van der Waals surface area contributed by atoms with Gasteiger partial charge in [0.2, 0.25) is 0 Å². The number of aryl methyl sites for hydroxylation is 1. The molecule has 1 aliphatic heterocycles. The number of hydrogen-bond acceptors (Lipinski definition) is 4. The van der Waals surface area contributed by atoms with Gasteiger partial charge >= 0.3 is 0 Å². The Labute approximate surface area is 185 Å². The van der Waals surface area contributed by atoms with E-state index in [0.29, 0.717) is 5.92 Å². The number of benzene rings is 2. The Morgan fingerprint density at radius 3 is 2.50 bits per heavy atom. The summed E-state index contributed by atoms with van der Waals surface area (Å²) in [6.45, 7) is 3.77. The molecule has 0 spiro atoms. The molecule has 1 fully saturated rings. The normalized spacial score (nSPS) is 15.0. The molecule has 30 heavy (non-hydrogen) atoms. The molecule has 3 nitrogen and oxygen atoms in total. The SMILES string of the molecule is CCc1cc(C(=O)N2CCC(c3nc4ccccc4s3)CC2)sc1-c1ccccc1. The minimum absolute atomic E-state index is 0.180. The van der Waals surface area contributed by atoms with Crippen molar-refractivity contribution in [2.45, 2.75) is 32.1 Å². The largest absolute Gasteiger partial charge is 0.338 e. The van der Waals surface area contributed by atoms with Crippen molar-refractivity contribution < 1.29 is 4.79 Å². The van der Waals surface area contributed by atoms with Gasteiger partial charge in [-0.1, -0.05) is 49.4 Å². The summed E-state index contributed by atoms with van der Waals surface area (Å²) in [7, 11) is 0. The molecule has 0 saturated carbocycles. The number of piperidine rings is 1. The van der Waals surface area contributed by atoms with Crippen LogP contribution in [0.2, 0.25) is 0 Å². The lowest BCUT2D eigenvalue weighted by molar-refractivity contribution is 0.0718. The lowest BCUT2D eigenvalue weighted by atomic mass is 9.97. The predicted molar refractivity (Wildman–Crippen MR) is 127 cm³/mol. The summed E-state index contributed by atoms with van der Waals surface area (Å²) in [5.41, 5.74) is 3.56. The maximum absolute atomic E-state index is 13.2. The van der Waals surface area contributed by atoms with Crippen LogP contribution in [-0.2, 0) is 6.42 Å². The molecular formula is C25H24N2OS2. The van der Waals surface area contributed by atoms with Crippen molar-refractivity contribution in [2.24, 2.45) is 0 Å². The molecule has 0 aliphatic carbocycles. The third-order valence-electron chi connectivity index (χ3n) is 5.88. The molecule has 1 aliphatic rings. The number of para-hydroxylation sites is 1. The molecule has 152 valence electrons. The van der Waals surface area contributed by atoms with Crippen molar-refractivity contribution in [3.63, 3.8) is 0 Å². The maximum Gasteiger partial charge on any atom is 0.263 e. The second-order valence-corrected chi connectivity index (χ2v) is 9.89. The lowest BCUT2D eigenvalue weighted by Gasteiger charge is -2.30. The number of nitrogens with zero attached hydrogens (tertiary/aromatic N) is 2. The number of rotatable bonds is 4. The summed E-state index contributed by atoms with van der Waals surface area (Å²) >= 11 is 3.44. The van der Waals surface area contributed by atoms with Gasteiger partial charge < -0.3 is 4.90 Å². The Morgan fingerprint density at radius 1 is 1.03 bits per heavy atom. The Balaban J connectivity index is 1.30. The Bertz CT molecular complexity index is 1140. The summed E-state index contributed by atoms with van der Waals surface area (Å²) in [6, 6.07) is 20.8. The molecule has 0 N–H and O–H groups in total. The van der Waals surface area contributed by atoms with Crippen LogP contribution in [0.3, 0.4) is 0 Å². The molecule has 4 aromatic rings. The highest BCUT2D eigenvalue weighted by Gasteiger charge is 2.28. The van der Waals surface area contributed by atoms with Gasteiger partial charge in [-0.25, -0.2) is 4.98 Å². The van der Waals surface area contributed by atoms with Crippen molar-refractivity contribution in [1.82, 2.24) is 9.88 Å². The van der Waals surface area contributed by atoms with Crippen LogP contribution in [0.5, 0.6) is 0 Å². The smallest absolute Gasteiger partial charge is 0.263 e. The highest BCUT2D eigenvalue weighted by atomic mass is 32.1. The maximum atomic E-state index is 13.2. The number of likely N-dealkylation sites (tertiary alicyclic amines) is 1. The van der Waals surface area contributed by atoms with E-state index in [1.54, 1.807) is 22.7 Å². The van der Waals surface area contributed by atoms with Gasteiger partial charge in [-0.3, -0.25) is 4.79 Å². The molecular weight excluding hydrogens is 408 g/mol. The third kappa shape index (κ3) is 3.68. The Morgan fingerprint density at radius 2 is 1.77 bits per heavy atom. The van der Waals surface area contributed by atoms with E-state index in [0.717, 1.165) is 42.7 Å². The van der Waals surface area contributed by atoms with Crippen LogP contribution in [0, 0.1) is 0 Å². The summed E-state index contributed by atoms with van der Waals surface area (Å²) in [6.07, 6.45) is 2.92. The number of carbonyl (C=O) groups excluding carboxylic acids is 1. The molecule has 3 heterocycles. The van der Waals surface area contributed by atoms with E-state index in [1.165, 1.54) is 25.7 Å². The number of amides is 1. The first-order valence-corrected chi connectivity index (χ1v) is 12.2. The number of fused-ring (bicyclic) bond motifs is 1. The van der Waals surface area contributed by atoms with Gasteiger partial charge in [0, 0.05) is 23.9 Å². The minimum Gasteiger partial charge on any atom is -0.338 e. The van der Waals surface area contributed by atoms with Crippen LogP contribution in [0.4, 0.5) is 0 Å². The average molecular weight is 433 g/mol. The first-order chi connectivity index (χ1) is 14.7. The van der Waals surface area contributed by atoms with E-state index in [4.69, 9.17) is 4.98 Å². The quantitative estimate of drug-likeness (QED) is 0.364. The second-order valence-electron chi connectivity index (χ2n) is 7.77. The van der Waals surface area contributed by atoms with Crippen LogP contribution in [0.25, 0.3) is 20.7 Å². The summed E-state index contributed by atoms with van der Waals surface area (Å²) in [4.78, 5) is 22.2. The molecule has 5 heteroatoms. The molecule has 2 aromatic carbocycles. The van der Waals surface area contributed by atoms with E-state index in [9.17, 15) is 4.79 Å². The van der Waals surface area contributed by atoms with Crippen molar-refractivity contribution in [3.05, 3.63) is 76.1 Å². The highest BCUT2D eigenvalue weighted by Crippen LogP contribution is 2.36. The lowest BCUT2D eigenvalue weighted by Crippen LogP contribution is -2.37. The van der Waals surface area contributed by atoms with E-state index in [-0.39, 0.29) is 5.91 Å². The summed E-state index contributed by atoms with van der Waals surface area (Å²) in [5, 5.41) is 1.22. The Kier molecular flexibility index (Phi) is 5.40. The van der Waals surface area contributed by atoms with Gasteiger partial charge in [-0.05, 0) is 48.6 Å². The zero-order valence-corrected chi connectivity index (χ0v) is 18.6. The number of thiophene rings is 1. The van der Waals surface area contributed by atoms with E-state index < -0.39 is 0 Å². The fraction of sp³-hybridized carbons (Fsp3) is 0.280. The molecule has 0 bridgehead atoms. The molecule has 0 radical (unpaired) electrons. The van der Waals surface area contributed by atoms with Gasteiger partial charge in [0.05, 0.1) is 20.1 Å². The van der Waals surface area contributed by atoms with Crippen LogP contribution < -0.4 is 0 Å². The van der Waals surface area contributed by atoms with Crippen molar-refractivity contribution in [1.29, 1.82) is 0 Å². The monoisotopic (exact) mass is 432 g/mol. The van der Waals surface area contributed by atoms with E-state index in [2.05, 4.69) is 55.5 Å². The van der Waals surface area contributed by atoms with E-state index >= 15 is 0 Å². The second kappa shape index (κ2) is 8.32. The van der Waals surface area contributed by atoms with E-state index in [1.807, 2.05) is 17.0 Å². The standard InChI is InChI=1S/C25H24N2OS2/c1-2-17-16-22(29-23(17)18-8-4-3-5-9-18)25(28)27-14-12-19(13-15-27)24-26-20-10-6-7-11-21(20)30-24/h3-11,16,19H,2,12-15H2,1H3. The van der Waals surface area contributed by atoms with Gasteiger partial charge in [0.15, 0.2) is 0 Å². The Hall–Kier alpha value is -2.50. The molecule has 1 amide bonds. The van der Waals surface area contributed by atoms with Crippen LogP contribution in [0.15, 0.2) is 60.7 Å². The molecule has 2 aromatic heterocycles. The van der Waals surface area contributed by atoms with Crippen molar-refractivity contribution >= 4 is 38.8 Å². The molecule has 0 atom stereocenters. The molecule has 0 unspecified atom stereocenters. The number of hydrogen-bond donors (Lipinski definition) is 0. The first kappa shape index (κ1) is 19.5. The molecule has 1 saturated heterocycles. The zero-order chi connectivity index (χ0) is 20.5. The predicted octanol–water partition coefficient (Wildman–Crippen LogP) is 6.61. The first-order valence-electron chi connectivity index (χ1n) is 10.6.